The summed E-state index contributed by atoms with van der Waals surface area (Å²) in [7, 11) is 0. The first-order chi connectivity index (χ1) is 11.5. The van der Waals surface area contributed by atoms with Crippen molar-refractivity contribution in [2.75, 3.05) is 5.32 Å². The number of amides is 1. The van der Waals surface area contributed by atoms with Crippen molar-refractivity contribution in [1.29, 1.82) is 0 Å². The van der Waals surface area contributed by atoms with E-state index in [1.54, 1.807) is 6.07 Å². The Balaban J connectivity index is 1.80. The van der Waals surface area contributed by atoms with Crippen LogP contribution in [0.25, 0.3) is 10.6 Å². The molecule has 0 bridgehead atoms. The third-order valence-corrected chi connectivity index (χ3v) is 4.49. The number of aryl methyl sites for hydroxylation is 2. The third-order valence-electron chi connectivity index (χ3n) is 3.60. The van der Waals surface area contributed by atoms with Gasteiger partial charge in [-0.2, -0.15) is 5.10 Å². The van der Waals surface area contributed by atoms with Crippen LogP contribution in [-0.2, 0) is 11.3 Å². The van der Waals surface area contributed by atoms with E-state index in [1.807, 2.05) is 49.6 Å². The van der Waals surface area contributed by atoms with Gasteiger partial charge in [-0.25, -0.2) is 4.68 Å². The quantitative estimate of drug-likeness (QED) is 0.794. The number of hydrogen-bond donors (Lipinski definition) is 1. The first-order valence-electron chi connectivity index (χ1n) is 7.52. The smallest absolute Gasteiger partial charge is 0.267 e. The predicted octanol–water partition coefficient (Wildman–Crippen LogP) is 3.23. The number of hydrogen-bond acceptors (Lipinski definition) is 4. The highest BCUT2D eigenvalue weighted by atomic mass is 32.1. The summed E-state index contributed by atoms with van der Waals surface area (Å²) in [5.74, 6) is -0.276. The first-order valence-corrected chi connectivity index (χ1v) is 8.40. The van der Waals surface area contributed by atoms with Gasteiger partial charge < -0.3 is 5.32 Å². The van der Waals surface area contributed by atoms with Gasteiger partial charge in [0.15, 0.2) is 0 Å². The van der Waals surface area contributed by atoms with Crippen molar-refractivity contribution in [3.8, 4) is 10.6 Å². The fourth-order valence-corrected chi connectivity index (χ4v) is 3.00. The van der Waals surface area contributed by atoms with E-state index in [2.05, 4.69) is 10.4 Å². The van der Waals surface area contributed by atoms with E-state index < -0.39 is 0 Å². The molecule has 6 heteroatoms. The Morgan fingerprint density at radius 3 is 2.79 bits per heavy atom. The van der Waals surface area contributed by atoms with Crippen molar-refractivity contribution >= 4 is 22.9 Å². The number of nitrogens with one attached hydrogen (secondary N) is 1. The fourth-order valence-electron chi connectivity index (χ4n) is 2.31. The number of rotatable bonds is 4. The first kappa shape index (κ1) is 16.1. The minimum absolute atomic E-state index is 0.120. The van der Waals surface area contributed by atoms with Gasteiger partial charge in [0.05, 0.1) is 4.88 Å². The molecule has 1 aromatic carbocycles. The maximum Gasteiger partial charge on any atom is 0.267 e. The average Bonchev–Trinajstić information content (AvgIpc) is 3.07. The molecule has 0 radical (unpaired) electrons. The highest BCUT2D eigenvalue weighted by molar-refractivity contribution is 7.13. The summed E-state index contributed by atoms with van der Waals surface area (Å²) in [6, 6.07) is 12.8. The zero-order chi connectivity index (χ0) is 17.1. The highest BCUT2D eigenvalue weighted by Gasteiger charge is 2.10. The molecule has 0 aliphatic carbocycles. The Morgan fingerprint density at radius 1 is 1.21 bits per heavy atom. The normalized spacial score (nSPS) is 10.6. The van der Waals surface area contributed by atoms with Gasteiger partial charge >= 0.3 is 0 Å². The third kappa shape index (κ3) is 3.60. The fraction of sp³-hybridized carbons (Fsp3) is 0.167. The number of anilines is 1. The second kappa shape index (κ2) is 6.80. The van der Waals surface area contributed by atoms with E-state index in [4.69, 9.17) is 0 Å². The van der Waals surface area contributed by atoms with Crippen molar-refractivity contribution in [3.05, 3.63) is 69.3 Å². The minimum Gasteiger partial charge on any atom is -0.324 e. The molecule has 0 fully saturated rings. The number of carbonyl (C=O) groups excluding carboxylic acids is 1. The van der Waals surface area contributed by atoms with Crippen LogP contribution in [0.4, 0.5) is 5.69 Å². The Morgan fingerprint density at radius 2 is 2.04 bits per heavy atom. The lowest BCUT2D eigenvalue weighted by Gasteiger charge is -2.10. The molecule has 2 aromatic heterocycles. The molecule has 1 N–H and O–H groups in total. The predicted molar refractivity (Wildman–Crippen MR) is 96.4 cm³/mol. The van der Waals surface area contributed by atoms with Gasteiger partial charge in [-0.15, -0.1) is 11.3 Å². The van der Waals surface area contributed by atoms with Gasteiger partial charge in [-0.3, -0.25) is 9.59 Å². The van der Waals surface area contributed by atoms with Crippen LogP contribution in [-0.4, -0.2) is 15.7 Å². The number of carbonyl (C=O) groups is 1. The molecule has 0 aliphatic rings. The number of nitrogens with zero attached hydrogens (tertiary/aromatic N) is 2. The Hall–Kier alpha value is -2.73. The molecule has 0 saturated carbocycles. The van der Waals surface area contributed by atoms with Crippen molar-refractivity contribution in [2.24, 2.45) is 0 Å². The summed E-state index contributed by atoms with van der Waals surface area (Å²) in [6.07, 6.45) is 0. The molecule has 122 valence electrons. The topological polar surface area (TPSA) is 64.0 Å². The van der Waals surface area contributed by atoms with Crippen LogP contribution < -0.4 is 10.9 Å². The molecule has 3 rings (SSSR count). The van der Waals surface area contributed by atoms with E-state index >= 15 is 0 Å². The van der Waals surface area contributed by atoms with Crippen LogP contribution in [0, 0.1) is 13.8 Å². The molecule has 0 saturated heterocycles. The van der Waals surface area contributed by atoms with Crippen LogP contribution in [0.15, 0.2) is 52.6 Å². The van der Waals surface area contributed by atoms with Crippen LogP contribution in [0.2, 0.25) is 0 Å². The van der Waals surface area contributed by atoms with Gasteiger partial charge in [-0.05, 0) is 48.6 Å². The van der Waals surface area contributed by atoms with Gasteiger partial charge in [0.1, 0.15) is 12.2 Å². The Labute approximate surface area is 143 Å². The molecule has 0 unspecified atom stereocenters. The lowest BCUT2D eigenvalue weighted by Crippen LogP contribution is -2.29. The monoisotopic (exact) mass is 339 g/mol. The lowest BCUT2D eigenvalue weighted by atomic mass is 10.1. The molecular formula is C18H17N3O2S. The summed E-state index contributed by atoms with van der Waals surface area (Å²) in [4.78, 5) is 25.2. The summed E-state index contributed by atoms with van der Waals surface area (Å²) >= 11 is 1.54. The van der Waals surface area contributed by atoms with E-state index in [0.29, 0.717) is 5.69 Å². The SMILES string of the molecule is Cc1ccc(C)c(NC(=O)Cn2nc(-c3cccs3)ccc2=O)c1. The van der Waals surface area contributed by atoms with E-state index in [1.165, 1.54) is 22.1 Å². The van der Waals surface area contributed by atoms with Crippen LogP contribution in [0.3, 0.4) is 0 Å². The van der Waals surface area contributed by atoms with Crippen LogP contribution in [0.1, 0.15) is 11.1 Å². The molecule has 2 heterocycles. The molecule has 24 heavy (non-hydrogen) atoms. The van der Waals surface area contributed by atoms with Gasteiger partial charge in [-0.1, -0.05) is 18.2 Å². The van der Waals surface area contributed by atoms with Crippen LogP contribution in [0.5, 0.6) is 0 Å². The maximum absolute atomic E-state index is 12.3. The summed E-state index contributed by atoms with van der Waals surface area (Å²) in [6.45, 7) is 3.77. The van der Waals surface area contributed by atoms with E-state index in [0.717, 1.165) is 21.7 Å². The van der Waals surface area contributed by atoms with Crippen LogP contribution >= 0.6 is 11.3 Å². The minimum atomic E-state index is -0.300. The second-order valence-electron chi connectivity index (χ2n) is 5.56. The maximum atomic E-state index is 12.3. The van der Waals surface area contributed by atoms with Crippen molar-refractivity contribution < 1.29 is 4.79 Å². The highest BCUT2D eigenvalue weighted by Crippen LogP contribution is 2.21. The van der Waals surface area contributed by atoms with Crippen molar-refractivity contribution in [3.63, 3.8) is 0 Å². The Bertz CT molecular complexity index is 930. The summed E-state index contributed by atoms with van der Waals surface area (Å²) in [5, 5.41) is 9.08. The summed E-state index contributed by atoms with van der Waals surface area (Å²) in [5.41, 5.74) is 3.17. The summed E-state index contributed by atoms with van der Waals surface area (Å²) < 4.78 is 1.19. The molecular weight excluding hydrogens is 322 g/mol. The number of benzene rings is 1. The standard InChI is InChI=1S/C18H17N3O2S/c1-12-5-6-13(2)15(10-12)19-17(22)11-21-18(23)8-7-14(20-21)16-4-3-9-24-16/h3-10H,11H2,1-2H3,(H,19,22). The molecule has 3 aromatic rings. The van der Waals surface area contributed by atoms with Gasteiger partial charge in [0.25, 0.3) is 5.56 Å². The van der Waals surface area contributed by atoms with Gasteiger partial charge in [0.2, 0.25) is 5.91 Å². The zero-order valence-corrected chi connectivity index (χ0v) is 14.3. The molecule has 0 atom stereocenters. The molecule has 5 nitrogen and oxygen atoms in total. The molecule has 0 aliphatic heterocycles. The van der Waals surface area contributed by atoms with Crippen molar-refractivity contribution in [1.82, 2.24) is 9.78 Å². The largest absolute Gasteiger partial charge is 0.324 e. The lowest BCUT2D eigenvalue weighted by molar-refractivity contribution is -0.117. The number of aromatic nitrogens is 2. The van der Waals surface area contributed by atoms with Gasteiger partial charge in [0, 0.05) is 11.8 Å². The molecule has 0 spiro atoms. The second-order valence-corrected chi connectivity index (χ2v) is 6.51. The zero-order valence-electron chi connectivity index (χ0n) is 13.4. The van der Waals surface area contributed by atoms with E-state index in [-0.39, 0.29) is 18.0 Å². The number of thiophene rings is 1. The molecule has 1 amide bonds. The average molecular weight is 339 g/mol. The van der Waals surface area contributed by atoms with E-state index in [9.17, 15) is 9.59 Å². The van der Waals surface area contributed by atoms with Crippen molar-refractivity contribution in [2.45, 2.75) is 20.4 Å². The Kier molecular flexibility index (Phi) is 4.57.